The number of sulfone groups is 1. The minimum absolute atomic E-state index is 0.0188. The molecule has 2 aliphatic heterocycles. The Kier molecular flexibility index (Phi) is 5.98. The lowest BCUT2D eigenvalue weighted by atomic mass is 10.1. The number of rotatable bonds is 5. The summed E-state index contributed by atoms with van der Waals surface area (Å²) in [6, 6.07) is 12.8. The summed E-state index contributed by atoms with van der Waals surface area (Å²) in [5.74, 6) is 0.974. The number of hydrogen-bond acceptors (Lipinski definition) is 6. The Morgan fingerprint density at radius 2 is 1.97 bits per heavy atom. The monoisotopic (exact) mass is 460 g/mol. The molecule has 0 aromatic heterocycles. The number of aliphatic imine (C=N–C) groups is 1. The van der Waals surface area contributed by atoms with Crippen LogP contribution in [0.5, 0.6) is 11.5 Å². The van der Waals surface area contributed by atoms with Gasteiger partial charge < -0.3 is 14.4 Å². The van der Waals surface area contributed by atoms with Crippen LogP contribution >= 0.6 is 11.8 Å². The molecule has 2 aliphatic rings. The third-order valence-corrected chi connectivity index (χ3v) is 8.58. The number of thioether (sulfide) groups is 1. The zero-order valence-electron chi connectivity index (χ0n) is 17.6. The maximum absolute atomic E-state index is 12.8. The third-order valence-electron chi connectivity index (χ3n) is 5.37. The highest BCUT2D eigenvalue weighted by atomic mass is 32.2. The minimum Gasteiger partial charge on any atom is -0.497 e. The van der Waals surface area contributed by atoms with E-state index >= 15 is 0 Å². The van der Waals surface area contributed by atoms with Gasteiger partial charge in [0.2, 0.25) is 0 Å². The number of aryl methyl sites for hydroxylation is 1. The molecule has 164 valence electrons. The van der Waals surface area contributed by atoms with Crippen LogP contribution in [0, 0.1) is 6.92 Å². The largest absolute Gasteiger partial charge is 0.497 e. The topological polar surface area (TPSA) is 85.3 Å². The maximum Gasteiger partial charge on any atom is 0.252 e. The number of nitrogens with zero attached hydrogens (tertiary/aromatic N) is 2. The fourth-order valence-electron chi connectivity index (χ4n) is 3.97. The molecule has 7 nitrogen and oxygen atoms in total. The van der Waals surface area contributed by atoms with Gasteiger partial charge in [0, 0.05) is 11.3 Å². The Morgan fingerprint density at radius 1 is 1.16 bits per heavy atom. The molecule has 31 heavy (non-hydrogen) atoms. The molecular formula is C22H24N2O5S2. The highest BCUT2D eigenvalue weighted by Crippen LogP contribution is 2.44. The first-order valence-corrected chi connectivity index (χ1v) is 12.5. The van der Waals surface area contributed by atoms with Crippen LogP contribution in [0.1, 0.15) is 11.1 Å². The number of amides is 1. The van der Waals surface area contributed by atoms with Crippen molar-refractivity contribution in [1.82, 2.24) is 0 Å². The van der Waals surface area contributed by atoms with Gasteiger partial charge in [-0.2, -0.15) is 4.99 Å². The standard InChI is InChI=1S/C22H24N2O5S2/c1-14-5-4-6-15(9-14)10-21(25)23-22-24(18-12-31(26,27)13-20(18)30-22)17-8-7-16(28-2)11-19(17)29-3/h4-9,11,18,20H,10,12-13H2,1-3H3/t18-,20+/m0/s1. The zero-order valence-corrected chi connectivity index (χ0v) is 19.2. The number of carbonyl (C=O) groups excluding carboxylic acids is 1. The van der Waals surface area contributed by atoms with Crippen LogP contribution < -0.4 is 14.4 Å². The fraction of sp³-hybridized carbons (Fsp3) is 0.364. The molecule has 2 aromatic rings. The lowest BCUT2D eigenvalue weighted by Gasteiger charge is -2.26. The van der Waals surface area contributed by atoms with Crippen LogP contribution in [0.4, 0.5) is 5.69 Å². The highest BCUT2D eigenvalue weighted by Gasteiger charge is 2.50. The minimum atomic E-state index is -3.15. The van der Waals surface area contributed by atoms with Gasteiger partial charge in [-0.1, -0.05) is 41.6 Å². The van der Waals surface area contributed by atoms with Crippen molar-refractivity contribution in [1.29, 1.82) is 0 Å². The lowest BCUT2D eigenvalue weighted by Crippen LogP contribution is -2.38. The van der Waals surface area contributed by atoms with Crippen molar-refractivity contribution in [2.24, 2.45) is 4.99 Å². The molecule has 0 aliphatic carbocycles. The second-order valence-electron chi connectivity index (χ2n) is 7.66. The van der Waals surface area contributed by atoms with Gasteiger partial charge in [0.05, 0.1) is 43.9 Å². The van der Waals surface area contributed by atoms with E-state index in [1.165, 1.54) is 11.8 Å². The number of benzene rings is 2. The van der Waals surface area contributed by atoms with Crippen molar-refractivity contribution in [2.75, 3.05) is 30.6 Å². The van der Waals surface area contributed by atoms with E-state index in [4.69, 9.17) is 9.47 Å². The van der Waals surface area contributed by atoms with Crippen LogP contribution in [0.2, 0.25) is 0 Å². The summed E-state index contributed by atoms with van der Waals surface area (Å²) in [5, 5.41) is 0.327. The summed E-state index contributed by atoms with van der Waals surface area (Å²) in [5.41, 5.74) is 2.65. The van der Waals surface area contributed by atoms with E-state index < -0.39 is 9.84 Å². The van der Waals surface area contributed by atoms with E-state index in [1.54, 1.807) is 26.4 Å². The number of fused-ring (bicyclic) bond motifs is 1. The van der Waals surface area contributed by atoms with Crippen molar-refractivity contribution in [2.45, 2.75) is 24.6 Å². The number of ether oxygens (including phenoxy) is 2. The summed E-state index contributed by atoms with van der Waals surface area (Å²) < 4.78 is 35.4. The van der Waals surface area contributed by atoms with Gasteiger partial charge in [-0.05, 0) is 24.6 Å². The van der Waals surface area contributed by atoms with E-state index in [1.807, 2.05) is 42.2 Å². The highest BCUT2D eigenvalue weighted by molar-refractivity contribution is 8.16. The van der Waals surface area contributed by atoms with Gasteiger partial charge in [0.1, 0.15) is 11.5 Å². The molecule has 4 rings (SSSR count). The van der Waals surface area contributed by atoms with E-state index in [9.17, 15) is 13.2 Å². The van der Waals surface area contributed by atoms with E-state index in [2.05, 4.69) is 4.99 Å². The second-order valence-corrected chi connectivity index (χ2v) is 11.0. The fourth-order valence-corrected chi connectivity index (χ4v) is 7.90. The Hall–Kier alpha value is -2.52. The predicted octanol–water partition coefficient (Wildman–Crippen LogP) is 2.86. The molecule has 2 fully saturated rings. The van der Waals surface area contributed by atoms with E-state index in [-0.39, 0.29) is 35.1 Å². The number of methoxy groups -OCH3 is 2. The molecule has 2 saturated heterocycles. The smallest absolute Gasteiger partial charge is 0.252 e. The van der Waals surface area contributed by atoms with E-state index in [0.717, 1.165) is 11.1 Å². The molecule has 0 bridgehead atoms. The Labute approximate surface area is 186 Å². The first kappa shape index (κ1) is 21.7. The molecule has 2 aromatic carbocycles. The summed E-state index contributed by atoms with van der Waals surface area (Å²) >= 11 is 1.35. The Balaban J connectivity index is 1.70. The Morgan fingerprint density at radius 3 is 2.68 bits per heavy atom. The van der Waals surface area contributed by atoms with E-state index in [0.29, 0.717) is 22.4 Å². The first-order valence-electron chi connectivity index (χ1n) is 9.85. The molecule has 0 N–H and O–H groups in total. The molecule has 0 unspecified atom stereocenters. The molecule has 2 heterocycles. The molecule has 0 radical (unpaired) electrons. The molecule has 2 atom stereocenters. The molecule has 9 heteroatoms. The summed E-state index contributed by atoms with van der Waals surface area (Å²) in [6.45, 7) is 1.98. The predicted molar refractivity (Wildman–Crippen MR) is 123 cm³/mol. The molecule has 0 spiro atoms. The van der Waals surface area contributed by atoms with Crippen LogP contribution in [0.3, 0.4) is 0 Å². The van der Waals surface area contributed by atoms with Gasteiger partial charge in [-0.3, -0.25) is 4.79 Å². The summed E-state index contributed by atoms with van der Waals surface area (Å²) in [7, 11) is -0.0402. The van der Waals surface area contributed by atoms with Crippen LogP contribution in [-0.2, 0) is 21.1 Å². The number of anilines is 1. The Bertz CT molecular complexity index is 1150. The van der Waals surface area contributed by atoms with Crippen molar-refractivity contribution < 1.29 is 22.7 Å². The average molecular weight is 461 g/mol. The number of carbonyl (C=O) groups is 1. The lowest BCUT2D eigenvalue weighted by molar-refractivity contribution is -0.117. The SMILES string of the molecule is COc1ccc(N2C(=NC(=O)Cc3cccc(C)c3)S[C@@H]3CS(=O)(=O)C[C@@H]32)c(OC)c1. The number of hydrogen-bond donors (Lipinski definition) is 0. The summed E-state index contributed by atoms with van der Waals surface area (Å²) in [6.07, 6.45) is 0.187. The van der Waals surface area contributed by atoms with Crippen LogP contribution in [0.15, 0.2) is 47.5 Å². The van der Waals surface area contributed by atoms with Gasteiger partial charge >= 0.3 is 0 Å². The normalized spacial score (nSPS) is 23.1. The number of amidine groups is 1. The van der Waals surface area contributed by atoms with Gasteiger partial charge in [0.25, 0.3) is 5.91 Å². The van der Waals surface area contributed by atoms with Crippen molar-refractivity contribution >= 4 is 38.4 Å². The van der Waals surface area contributed by atoms with Crippen LogP contribution in [0.25, 0.3) is 0 Å². The van der Waals surface area contributed by atoms with Gasteiger partial charge in [-0.25, -0.2) is 8.42 Å². The van der Waals surface area contributed by atoms with Crippen molar-refractivity contribution in [3.63, 3.8) is 0 Å². The quantitative estimate of drug-likeness (QED) is 0.678. The molecule has 1 amide bonds. The van der Waals surface area contributed by atoms with Crippen LogP contribution in [-0.4, -0.2) is 56.5 Å². The first-order chi connectivity index (χ1) is 14.8. The summed E-state index contributed by atoms with van der Waals surface area (Å²) in [4.78, 5) is 19.0. The van der Waals surface area contributed by atoms with Crippen molar-refractivity contribution in [3.05, 3.63) is 53.6 Å². The zero-order chi connectivity index (χ0) is 22.2. The van der Waals surface area contributed by atoms with Gasteiger partial charge in [0.15, 0.2) is 15.0 Å². The van der Waals surface area contributed by atoms with Gasteiger partial charge in [-0.15, -0.1) is 0 Å². The third kappa shape index (κ3) is 4.57. The average Bonchev–Trinajstić information content (AvgIpc) is 3.18. The molecular weight excluding hydrogens is 436 g/mol. The molecule has 0 saturated carbocycles. The second kappa shape index (κ2) is 8.55. The maximum atomic E-state index is 12.8. The van der Waals surface area contributed by atoms with Crippen molar-refractivity contribution in [3.8, 4) is 11.5 Å².